The molecule has 13 nitrogen and oxygen atoms in total. The first kappa shape index (κ1) is 27.8. The highest BCUT2D eigenvalue weighted by molar-refractivity contribution is 5.94. The smallest absolute Gasteiger partial charge is 0.326 e. The first-order chi connectivity index (χ1) is 14.4. The molecule has 0 unspecified atom stereocenters. The Morgan fingerprint density at radius 1 is 0.839 bits per heavy atom. The van der Waals surface area contributed by atoms with E-state index >= 15 is 0 Å². The van der Waals surface area contributed by atoms with Crippen LogP contribution in [0.15, 0.2) is 0 Å². The highest BCUT2D eigenvalue weighted by Crippen LogP contribution is 2.05. The second-order valence-corrected chi connectivity index (χ2v) is 7.29. The van der Waals surface area contributed by atoms with Crippen molar-refractivity contribution in [2.45, 2.75) is 58.2 Å². The molecular weight excluding hydrogens is 414 g/mol. The Hall–Kier alpha value is -3.22. The summed E-state index contributed by atoms with van der Waals surface area (Å²) < 4.78 is 0. The topological polar surface area (TPSA) is 217 Å². The average Bonchev–Trinajstić information content (AvgIpc) is 2.67. The minimum Gasteiger partial charge on any atom is -0.481 e. The quantitative estimate of drug-likeness (QED) is 0.150. The molecule has 0 saturated carbocycles. The molecule has 0 aromatic carbocycles. The van der Waals surface area contributed by atoms with Gasteiger partial charge in [-0.05, 0) is 25.7 Å². The number of carbonyl (C=O) groups is 6. The fourth-order valence-electron chi connectivity index (χ4n) is 2.40. The lowest BCUT2D eigenvalue weighted by Gasteiger charge is -2.23. The van der Waals surface area contributed by atoms with Crippen molar-refractivity contribution >= 4 is 35.6 Å². The molecule has 0 saturated heterocycles. The standard InChI is InChI=1S/C18H31N5O8/c1-9(2)6-12(18(30)31)23-16(28)10(3)21-17(29)11(4-5-15(26)27)22-14(25)8-20-13(24)7-19/h9-12H,4-8,19H2,1-3H3,(H,20,24)(H,21,29)(H,22,25)(H,23,28)(H,26,27)(H,30,31)/t10-,11-,12-/m0/s1. The maximum Gasteiger partial charge on any atom is 0.326 e. The maximum atomic E-state index is 12.5. The van der Waals surface area contributed by atoms with Gasteiger partial charge in [0.1, 0.15) is 18.1 Å². The van der Waals surface area contributed by atoms with Crippen LogP contribution in [-0.4, -0.2) is 77.0 Å². The molecule has 176 valence electrons. The molecule has 0 aliphatic rings. The number of nitrogens with two attached hydrogens (primary N) is 1. The molecule has 13 heteroatoms. The first-order valence-corrected chi connectivity index (χ1v) is 9.68. The van der Waals surface area contributed by atoms with Gasteiger partial charge in [0.25, 0.3) is 0 Å². The van der Waals surface area contributed by atoms with Gasteiger partial charge in [-0.1, -0.05) is 13.8 Å². The molecule has 0 aromatic rings. The van der Waals surface area contributed by atoms with E-state index < -0.39 is 66.7 Å². The van der Waals surface area contributed by atoms with E-state index in [4.69, 9.17) is 10.8 Å². The van der Waals surface area contributed by atoms with Gasteiger partial charge in [-0.15, -0.1) is 0 Å². The predicted octanol–water partition coefficient (Wildman–Crippen LogP) is -2.47. The van der Waals surface area contributed by atoms with Crippen LogP contribution in [0.2, 0.25) is 0 Å². The van der Waals surface area contributed by atoms with Gasteiger partial charge in [-0.3, -0.25) is 24.0 Å². The Kier molecular flexibility index (Phi) is 12.5. The van der Waals surface area contributed by atoms with Gasteiger partial charge < -0.3 is 37.2 Å². The third-order valence-electron chi connectivity index (χ3n) is 4.00. The van der Waals surface area contributed by atoms with Crippen molar-refractivity contribution in [3.63, 3.8) is 0 Å². The average molecular weight is 445 g/mol. The lowest BCUT2D eigenvalue weighted by molar-refractivity contribution is -0.142. The SMILES string of the molecule is CC(C)C[C@H](NC(=O)[C@H](C)NC(=O)[C@H](CCC(=O)O)NC(=O)CNC(=O)CN)C(=O)O. The number of carboxylic acid groups (broad SMARTS) is 2. The maximum absolute atomic E-state index is 12.5. The summed E-state index contributed by atoms with van der Waals surface area (Å²) in [6, 6.07) is -3.58. The Morgan fingerprint density at radius 2 is 1.45 bits per heavy atom. The highest BCUT2D eigenvalue weighted by atomic mass is 16.4. The van der Waals surface area contributed by atoms with Crippen molar-refractivity contribution in [1.29, 1.82) is 0 Å². The van der Waals surface area contributed by atoms with Crippen LogP contribution < -0.4 is 27.0 Å². The van der Waals surface area contributed by atoms with Crippen molar-refractivity contribution < 1.29 is 39.0 Å². The Morgan fingerprint density at radius 3 is 1.94 bits per heavy atom. The third kappa shape index (κ3) is 12.2. The second-order valence-electron chi connectivity index (χ2n) is 7.29. The van der Waals surface area contributed by atoms with Crippen LogP contribution >= 0.6 is 0 Å². The number of amides is 4. The summed E-state index contributed by atoms with van der Waals surface area (Å²) in [5.74, 6) is -5.35. The zero-order valence-electron chi connectivity index (χ0n) is 17.8. The summed E-state index contributed by atoms with van der Waals surface area (Å²) in [4.78, 5) is 69.9. The predicted molar refractivity (Wildman–Crippen MR) is 107 cm³/mol. The minimum atomic E-state index is -1.29. The Labute approximate surface area is 179 Å². The molecule has 0 aliphatic carbocycles. The molecule has 0 aromatic heterocycles. The van der Waals surface area contributed by atoms with E-state index in [9.17, 15) is 33.9 Å². The van der Waals surface area contributed by atoms with E-state index in [0.29, 0.717) is 0 Å². The van der Waals surface area contributed by atoms with Crippen LogP contribution in [0.5, 0.6) is 0 Å². The molecular formula is C18H31N5O8. The molecule has 0 radical (unpaired) electrons. The number of carbonyl (C=O) groups excluding carboxylic acids is 4. The van der Waals surface area contributed by atoms with Crippen molar-refractivity contribution in [2.24, 2.45) is 11.7 Å². The Balaban J connectivity index is 5.02. The van der Waals surface area contributed by atoms with Crippen LogP contribution in [0.3, 0.4) is 0 Å². The lowest BCUT2D eigenvalue weighted by atomic mass is 10.0. The van der Waals surface area contributed by atoms with Gasteiger partial charge in [0.2, 0.25) is 23.6 Å². The molecule has 0 rings (SSSR count). The molecule has 31 heavy (non-hydrogen) atoms. The van der Waals surface area contributed by atoms with Crippen LogP contribution in [0.25, 0.3) is 0 Å². The number of aliphatic carboxylic acids is 2. The van der Waals surface area contributed by atoms with Gasteiger partial charge >= 0.3 is 11.9 Å². The fraction of sp³-hybridized carbons (Fsp3) is 0.667. The van der Waals surface area contributed by atoms with Gasteiger partial charge in [0, 0.05) is 6.42 Å². The summed E-state index contributed by atoms with van der Waals surface area (Å²) in [5.41, 5.74) is 5.10. The fourth-order valence-corrected chi connectivity index (χ4v) is 2.40. The molecule has 3 atom stereocenters. The van der Waals surface area contributed by atoms with E-state index in [2.05, 4.69) is 21.3 Å². The van der Waals surface area contributed by atoms with Crippen molar-refractivity contribution in [3.05, 3.63) is 0 Å². The van der Waals surface area contributed by atoms with E-state index in [1.807, 2.05) is 0 Å². The van der Waals surface area contributed by atoms with Crippen molar-refractivity contribution in [3.8, 4) is 0 Å². The largest absolute Gasteiger partial charge is 0.481 e. The molecule has 8 N–H and O–H groups in total. The van der Waals surface area contributed by atoms with Crippen LogP contribution in [0.1, 0.15) is 40.0 Å². The molecule has 0 spiro atoms. The molecule has 0 heterocycles. The summed E-state index contributed by atoms with van der Waals surface area (Å²) in [5, 5.41) is 27.2. The normalized spacial score (nSPS) is 13.5. The number of hydrogen-bond acceptors (Lipinski definition) is 7. The van der Waals surface area contributed by atoms with Gasteiger partial charge in [0.05, 0.1) is 13.1 Å². The minimum absolute atomic E-state index is 0.00155. The summed E-state index contributed by atoms with van der Waals surface area (Å²) >= 11 is 0. The zero-order valence-corrected chi connectivity index (χ0v) is 17.8. The monoisotopic (exact) mass is 445 g/mol. The van der Waals surface area contributed by atoms with E-state index in [1.165, 1.54) is 6.92 Å². The molecule has 0 fully saturated rings. The van der Waals surface area contributed by atoms with Crippen molar-refractivity contribution in [1.82, 2.24) is 21.3 Å². The number of nitrogens with one attached hydrogen (secondary N) is 4. The summed E-state index contributed by atoms with van der Waals surface area (Å²) in [6.07, 6.45) is -0.520. The first-order valence-electron chi connectivity index (χ1n) is 9.68. The third-order valence-corrected chi connectivity index (χ3v) is 4.00. The van der Waals surface area contributed by atoms with Gasteiger partial charge in [0.15, 0.2) is 0 Å². The van der Waals surface area contributed by atoms with Crippen molar-refractivity contribution in [2.75, 3.05) is 13.1 Å². The lowest BCUT2D eigenvalue weighted by Crippen LogP contribution is -2.55. The highest BCUT2D eigenvalue weighted by Gasteiger charge is 2.28. The van der Waals surface area contributed by atoms with Crippen LogP contribution in [0.4, 0.5) is 0 Å². The number of rotatable bonds is 14. The summed E-state index contributed by atoms with van der Waals surface area (Å²) in [6.45, 7) is 4.09. The molecule has 0 aliphatic heterocycles. The van der Waals surface area contributed by atoms with Gasteiger partial charge in [-0.25, -0.2) is 4.79 Å². The number of carboxylic acids is 2. The van der Waals surface area contributed by atoms with Gasteiger partial charge in [-0.2, -0.15) is 0 Å². The molecule has 0 bridgehead atoms. The zero-order chi connectivity index (χ0) is 24.1. The second kappa shape index (κ2) is 13.9. The summed E-state index contributed by atoms with van der Waals surface area (Å²) in [7, 11) is 0. The van der Waals surface area contributed by atoms with E-state index in [-0.39, 0.29) is 25.3 Å². The van der Waals surface area contributed by atoms with E-state index in [1.54, 1.807) is 13.8 Å². The van der Waals surface area contributed by atoms with E-state index in [0.717, 1.165) is 0 Å². The van der Waals surface area contributed by atoms with Crippen LogP contribution in [-0.2, 0) is 28.8 Å². The Bertz CT molecular complexity index is 682. The molecule has 4 amide bonds. The van der Waals surface area contributed by atoms with Crippen LogP contribution in [0, 0.1) is 5.92 Å². The number of hydrogen-bond donors (Lipinski definition) is 7.